The fraction of sp³-hybridized carbons (Fsp3) is 0.500. The maximum Gasteiger partial charge on any atom is 0.225 e. The molecule has 19 heavy (non-hydrogen) atoms. The molecule has 5 heteroatoms. The highest BCUT2D eigenvalue weighted by Crippen LogP contribution is 2.43. The van der Waals surface area contributed by atoms with Crippen molar-refractivity contribution >= 4 is 39.1 Å². The fourth-order valence-corrected chi connectivity index (χ4v) is 3.13. The van der Waals surface area contributed by atoms with Crippen molar-refractivity contribution in [3.63, 3.8) is 0 Å². The van der Waals surface area contributed by atoms with Crippen LogP contribution in [0.3, 0.4) is 0 Å². The Morgan fingerprint density at radius 1 is 1.53 bits per heavy atom. The number of carbonyl (C=O) groups is 1. The average molecular weight is 346 g/mol. The highest BCUT2D eigenvalue weighted by atomic mass is 79.9. The topological polar surface area (TPSA) is 55.1 Å². The fourth-order valence-electron chi connectivity index (χ4n) is 2.41. The standard InChI is InChI=1S/C14H18BrClN2O/c1-9-5-10(15)12(6-11(9)16)18-13(19)7-14(8-17)3-2-4-14/h5-6H,2-4,7-8,17H2,1H3,(H,18,19). The maximum atomic E-state index is 12.1. The van der Waals surface area contributed by atoms with Crippen molar-refractivity contribution in [3.05, 3.63) is 27.2 Å². The van der Waals surface area contributed by atoms with Gasteiger partial charge >= 0.3 is 0 Å². The molecule has 1 saturated carbocycles. The van der Waals surface area contributed by atoms with Gasteiger partial charge in [0.1, 0.15) is 0 Å². The molecule has 1 amide bonds. The molecule has 0 saturated heterocycles. The normalized spacial score (nSPS) is 16.8. The summed E-state index contributed by atoms with van der Waals surface area (Å²) in [4.78, 5) is 12.1. The van der Waals surface area contributed by atoms with E-state index < -0.39 is 0 Å². The summed E-state index contributed by atoms with van der Waals surface area (Å²) in [7, 11) is 0. The van der Waals surface area contributed by atoms with Crippen LogP contribution >= 0.6 is 27.5 Å². The Bertz CT molecular complexity index is 495. The van der Waals surface area contributed by atoms with Gasteiger partial charge in [-0.2, -0.15) is 0 Å². The van der Waals surface area contributed by atoms with Gasteiger partial charge in [-0.25, -0.2) is 0 Å². The van der Waals surface area contributed by atoms with Crippen molar-refractivity contribution in [2.24, 2.45) is 11.1 Å². The number of hydrogen-bond acceptors (Lipinski definition) is 2. The van der Waals surface area contributed by atoms with Gasteiger partial charge in [0, 0.05) is 15.9 Å². The minimum Gasteiger partial charge on any atom is -0.330 e. The number of aryl methyl sites for hydroxylation is 1. The lowest BCUT2D eigenvalue weighted by molar-refractivity contribution is -0.119. The number of amides is 1. The molecule has 0 aromatic heterocycles. The summed E-state index contributed by atoms with van der Waals surface area (Å²) in [6.45, 7) is 2.51. The lowest BCUT2D eigenvalue weighted by Gasteiger charge is -2.40. The van der Waals surface area contributed by atoms with Gasteiger partial charge in [0.2, 0.25) is 5.91 Å². The van der Waals surface area contributed by atoms with E-state index in [1.54, 1.807) is 6.07 Å². The number of anilines is 1. The minimum atomic E-state index is 0.00534. The van der Waals surface area contributed by atoms with Crippen LogP contribution in [0.5, 0.6) is 0 Å². The molecule has 1 aromatic rings. The van der Waals surface area contributed by atoms with Crippen LogP contribution in [0.15, 0.2) is 16.6 Å². The Morgan fingerprint density at radius 3 is 2.74 bits per heavy atom. The number of nitrogens with one attached hydrogen (secondary N) is 1. The zero-order valence-corrected chi connectivity index (χ0v) is 13.3. The predicted octanol–water partition coefficient (Wildman–Crippen LogP) is 3.87. The Kier molecular flexibility index (Phi) is 4.54. The van der Waals surface area contributed by atoms with Gasteiger partial charge in [-0.05, 0) is 65.4 Å². The van der Waals surface area contributed by atoms with E-state index in [9.17, 15) is 4.79 Å². The molecular weight excluding hydrogens is 328 g/mol. The quantitative estimate of drug-likeness (QED) is 0.870. The van der Waals surface area contributed by atoms with Crippen molar-refractivity contribution in [2.45, 2.75) is 32.6 Å². The van der Waals surface area contributed by atoms with Crippen LogP contribution < -0.4 is 11.1 Å². The number of carbonyl (C=O) groups excluding carboxylic acids is 1. The largest absolute Gasteiger partial charge is 0.330 e. The second kappa shape index (κ2) is 5.81. The van der Waals surface area contributed by atoms with E-state index in [0.29, 0.717) is 23.7 Å². The molecule has 3 N–H and O–H groups in total. The molecule has 0 atom stereocenters. The first kappa shape index (κ1) is 14.8. The smallest absolute Gasteiger partial charge is 0.225 e. The lowest BCUT2D eigenvalue weighted by Crippen LogP contribution is -2.40. The molecule has 0 aliphatic heterocycles. The van der Waals surface area contributed by atoms with Crippen molar-refractivity contribution in [1.82, 2.24) is 0 Å². The van der Waals surface area contributed by atoms with Crippen LogP contribution in [0.1, 0.15) is 31.2 Å². The molecule has 2 rings (SSSR count). The third kappa shape index (κ3) is 3.30. The summed E-state index contributed by atoms with van der Waals surface area (Å²) < 4.78 is 0.846. The van der Waals surface area contributed by atoms with Crippen molar-refractivity contribution in [2.75, 3.05) is 11.9 Å². The van der Waals surface area contributed by atoms with Crippen molar-refractivity contribution in [3.8, 4) is 0 Å². The highest BCUT2D eigenvalue weighted by Gasteiger charge is 2.37. The van der Waals surface area contributed by atoms with Gasteiger partial charge in [-0.1, -0.05) is 18.0 Å². The van der Waals surface area contributed by atoms with E-state index in [0.717, 1.165) is 22.9 Å². The molecule has 1 fully saturated rings. The van der Waals surface area contributed by atoms with E-state index in [1.165, 1.54) is 6.42 Å². The van der Waals surface area contributed by atoms with E-state index >= 15 is 0 Å². The van der Waals surface area contributed by atoms with Crippen LogP contribution in [-0.4, -0.2) is 12.5 Å². The van der Waals surface area contributed by atoms with Crippen LogP contribution in [0, 0.1) is 12.3 Å². The summed E-state index contributed by atoms with van der Waals surface area (Å²) in [6.07, 6.45) is 3.76. The van der Waals surface area contributed by atoms with E-state index in [-0.39, 0.29) is 11.3 Å². The molecule has 0 spiro atoms. The molecule has 1 aliphatic rings. The van der Waals surface area contributed by atoms with E-state index in [2.05, 4.69) is 21.2 Å². The Balaban J connectivity index is 2.05. The highest BCUT2D eigenvalue weighted by molar-refractivity contribution is 9.10. The van der Waals surface area contributed by atoms with Crippen molar-refractivity contribution < 1.29 is 4.79 Å². The molecule has 3 nitrogen and oxygen atoms in total. The Labute approximate surface area is 127 Å². The molecule has 104 valence electrons. The number of halogens is 2. The zero-order valence-electron chi connectivity index (χ0n) is 10.9. The SMILES string of the molecule is Cc1cc(Br)c(NC(=O)CC2(CN)CCC2)cc1Cl. The molecule has 0 heterocycles. The Hall–Kier alpha value is -0.580. The van der Waals surface area contributed by atoms with Crippen LogP contribution in [0.25, 0.3) is 0 Å². The van der Waals surface area contributed by atoms with Gasteiger partial charge < -0.3 is 11.1 Å². The van der Waals surface area contributed by atoms with Gasteiger partial charge in [0.15, 0.2) is 0 Å². The summed E-state index contributed by atoms with van der Waals surface area (Å²) in [5.74, 6) is 0.00534. The summed E-state index contributed by atoms with van der Waals surface area (Å²) >= 11 is 9.52. The molecule has 1 aliphatic carbocycles. The number of nitrogens with two attached hydrogens (primary N) is 1. The van der Waals surface area contributed by atoms with Crippen molar-refractivity contribution in [1.29, 1.82) is 0 Å². The van der Waals surface area contributed by atoms with Crippen LogP contribution in [0.4, 0.5) is 5.69 Å². The number of benzene rings is 1. The maximum absolute atomic E-state index is 12.1. The zero-order chi connectivity index (χ0) is 14.0. The summed E-state index contributed by atoms with van der Waals surface area (Å²) in [5, 5.41) is 3.56. The van der Waals surface area contributed by atoms with Crippen LogP contribution in [0.2, 0.25) is 5.02 Å². The second-order valence-corrected chi connectivity index (χ2v) is 6.63. The van der Waals surface area contributed by atoms with Crippen LogP contribution in [-0.2, 0) is 4.79 Å². The predicted molar refractivity (Wildman–Crippen MR) is 82.5 cm³/mol. The second-order valence-electron chi connectivity index (χ2n) is 5.36. The molecule has 0 bridgehead atoms. The molecule has 0 radical (unpaired) electrons. The summed E-state index contributed by atoms with van der Waals surface area (Å²) in [5.41, 5.74) is 7.48. The van der Waals surface area contributed by atoms with Gasteiger partial charge in [0.05, 0.1) is 5.69 Å². The van der Waals surface area contributed by atoms with E-state index in [4.69, 9.17) is 17.3 Å². The average Bonchev–Trinajstić information content (AvgIpc) is 2.31. The van der Waals surface area contributed by atoms with Gasteiger partial charge in [0.25, 0.3) is 0 Å². The summed E-state index contributed by atoms with van der Waals surface area (Å²) in [6, 6.07) is 3.68. The van der Waals surface area contributed by atoms with Gasteiger partial charge in [-0.3, -0.25) is 4.79 Å². The third-order valence-electron chi connectivity index (χ3n) is 3.91. The number of rotatable bonds is 4. The van der Waals surface area contributed by atoms with E-state index in [1.807, 2.05) is 13.0 Å². The third-order valence-corrected chi connectivity index (χ3v) is 4.97. The van der Waals surface area contributed by atoms with Gasteiger partial charge in [-0.15, -0.1) is 0 Å². The monoisotopic (exact) mass is 344 g/mol. The molecule has 0 unspecified atom stereocenters. The molecule has 1 aromatic carbocycles. The minimum absolute atomic E-state index is 0.00534. The lowest BCUT2D eigenvalue weighted by atomic mass is 9.66. The number of hydrogen-bond donors (Lipinski definition) is 2. The first-order valence-electron chi connectivity index (χ1n) is 6.41. The Morgan fingerprint density at radius 2 is 2.21 bits per heavy atom. The first-order valence-corrected chi connectivity index (χ1v) is 7.58. The molecular formula is C14H18BrClN2O. The first-order chi connectivity index (χ1) is 8.96.